The number of hydrogen-bond donors (Lipinski definition) is 1. The summed E-state index contributed by atoms with van der Waals surface area (Å²) >= 11 is 6.27. The highest BCUT2D eigenvalue weighted by Crippen LogP contribution is 2.30. The minimum Gasteiger partial charge on any atom is -0.357 e. The molecule has 0 heterocycles. The van der Waals surface area contributed by atoms with E-state index in [1.54, 1.807) is 18.0 Å². The largest absolute Gasteiger partial charge is 0.357 e. The van der Waals surface area contributed by atoms with E-state index in [-0.39, 0.29) is 30.7 Å². The molecule has 0 bridgehead atoms. The van der Waals surface area contributed by atoms with Gasteiger partial charge in [-0.1, -0.05) is 115 Å². The molecule has 1 N–H and O–H groups in total. The second-order valence-electron chi connectivity index (χ2n) is 9.05. The van der Waals surface area contributed by atoms with Gasteiger partial charge in [0.2, 0.25) is 11.8 Å². The Morgan fingerprint density at radius 2 is 1.30 bits per heavy atom. The van der Waals surface area contributed by atoms with Crippen molar-refractivity contribution < 1.29 is 9.59 Å². The predicted molar refractivity (Wildman–Crippen MR) is 149 cm³/mol. The van der Waals surface area contributed by atoms with Crippen molar-refractivity contribution in [3.63, 3.8) is 0 Å². The highest BCUT2D eigenvalue weighted by atomic mass is 35.5. The van der Waals surface area contributed by atoms with Crippen LogP contribution in [-0.2, 0) is 22.6 Å². The van der Waals surface area contributed by atoms with E-state index in [4.69, 9.17) is 11.6 Å². The van der Waals surface area contributed by atoms with Crippen LogP contribution in [0.1, 0.15) is 34.6 Å². The number of rotatable bonds is 10. The van der Waals surface area contributed by atoms with Crippen molar-refractivity contribution >= 4 is 23.4 Å². The molecule has 4 rings (SSSR count). The second-order valence-corrected chi connectivity index (χ2v) is 9.49. The summed E-state index contributed by atoms with van der Waals surface area (Å²) in [5, 5.41) is 3.37. The average molecular weight is 511 g/mol. The Bertz CT molecular complexity index is 1260. The number of nitrogens with one attached hydrogen (secondary N) is 1. The molecule has 188 valence electrons. The van der Waals surface area contributed by atoms with Gasteiger partial charge in [-0.3, -0.25) is 9.59 Å². The highest BCUT2D eigenvalue weighted by molar-refractivity contribution is 6.30. The molecule has 4 aromatic rings. The van der Waals surface area contributed by atoms with E-state index in [1.165, 1.54) is 0 Å². The highest BCUT2D eigenvalue weighted by Gasteiger charge is 2.31. The zero-order chi connectivity index (χ0) is 26.0. The fraction of sp³-hybridized carbons (Fsp3) is 0.188. The zero-order valence-electron chi connectivity index (χ0n) is 20.9. The van der Waals surface area contributed by atoms with Crippen LogP contribution in [0.5, 0.6) is 0 Å². The van der Waals surface area contributed by atoms with E-state index in [0.717, 1.165) is 22.3 Å². The van der Waals surface area contributed by atoms with Gasteiger partial charge in [0.05, 0.1) is 0 Å². The maximum atomic E-state index is 14.2. The van der Waals surface area contributed by atoms with Crippen molar-refractivity contribution in [2.24, 2.45) is 0 Å². The first-order chi connectivity index (χ1) is 18.0. The van der Waals surface area contributed by atoms with Crippen molar-refractivity contribution in [3.8, 4) is 0 Å². The second kappa shape index (κ2) is 12.9. The van der Waals surface area contributed by atoms with Crippen molar-refractivity contribution in [1.29, 1.82) is 0 Å². The number of carbonyl (C=O) groups excluding carboxylic acids is 2. The van der Waals surface area contributed by atoms with E-state index in [0.29, 0.717) is 11.4 Å². The summed E-state index contributed by atoms with van der Waals surface area (Å²) in [6.45, 7) is 0.278. The number of likely N-dealkylation sites (N-methyl/N-ethyl adjacent to an activating group) is 1. The summed E-state index contributed by atoms with van der Waals surface area (Å²) in [4.78, 5) is 29.1. The molecule has 0 aliphatic heterocycles. The topological polar surface area (TPSA) is 49.4 Å². The van der Waals surface area contributed by atoms with Gasteiger partial charge >= 0.3 is 0 Å². The minimum atomic E-state index is -0.675. The third-order valence-corrected chi connectivity index (χ3v) is 6.78. The molecule has 0 unspecified atom stereocenters. The van der Waals surface area contributed by atoms with Gasteiger partial charge in [-0.2, -0.15) is 0 Å². The molecule has 37 heavy (non-hydrogen) atoms. The van der Waals surface area contributed by atoms with Crippen molar-refractivity contribution in [3.05, 3.63) is 143 Å². The van der Waals surface area contributed by atoms with E-state index in [9.17, 15) is 9.59 Å². The standard InChI is InChI=1S/C32H31ClN2O2/c1-34-32(37)30(21-24-12-5-2-6-13-24)35(23-25-14-11-19-28(33)20-25)31(36)22-29(26-15-7-3-8-16-26)27-17-9-4-10-18-27/h2-20,29-30H,21-23H2,1H3,(H,34,37)/t30-/m1/s1. The van der Waals surface area contributed by atoms with E-state index in [1.807, 2.05) is 109 Å². The quantitative estimate of drug-likeness (QED) is 0.274. The molecule has 0 saturated heterocycles. The molecule has 4 nitrogen and oxygen atoms in total. The van der Waals surface area contributed by atoms with Crippen LogP contribution in [0.3, 0.4) is 0 Å². The average Bonchev–Trinajstić information content (AvgIpc) is 2.94. The van der Waals surface area contributed by atoms with Crippen LogP contribution in [-0.4, -0.2) is 29.8 Å². The third-order valence-electron chi connectivity index (χ3n) is 6.54. The van der Waals surface area contributed by atoms with Crippen LogP contribution in [0.4, 0.5) is 0 Å². The van der Waals surface area contributed by atoms with Crippen LogP contribution < -0.4 is 5.32 Å². The van der Waals surface area contributed by atoms with Crippen molar-refractivity contribution in [2.45, 2.75) is 31.3 Å². The minimum absolute atomic E-state index is 0.0952. The number of halogens is 1. The summed E-state index contributed by atoms with van der Waals surface area (Å²) in [7, 11) is 1.61. The molecular formula is C32H31ClN2O2. The molecule has 0 fully saturated rings. The Balaban J connectivity index is 1.71. The summed E-state index contributed by atoms with van der Waals surface area (Å²) in [6, 6.07) is 36.7. The van der Waals surface area contributed by atoms with Gasteiger partial charge in [-0.25, -0.2) is 0 Å². The van der Waals surface area contributed by atoms with Crippen molar-refractivity contribution in [2.75, 3.05) is 7.05 Å². The normalized spacial score (nSPS) is 11.6. The molecule has 0 spiro atoms. The van der Waals surface area contributed by atoms with Gasteiger partial charge in [-0.15, -0.1) is 0 Å². The molecule has 1 atom stereocenters. The molecule has 5 heteroatoms. The lowest BCUT2D eigenvalue weighted by molar-refractivity contribution is -0.141. The summed E-state index contributed by atoms with van der Waals surface area (Å²) in [5.41, 5.74) is 3.98. The first-order valence-corrected chi connectivity index (χ1v) is 12.8. The maximum absolute atomic E-state index is 14.2. The lowest BCUT2D eigenvalue weighted by atomic mass is 9.87. The van der Waals surface area contributed by atoms with Gasteiger partial charge < -0.3 is 10.2 Å². The first kappa shape index (κ1) is 26.2. The molecule has 0 aliphatic carbocycles. The van der Waals surface area contributed by atoms with E-state index >= 15 is 0 Å². The van der Waals surface area contributed by atoms with Crippen LogP contribution in [0.2, 0.25) is 5.02 Å². The molecule has 4 aromatic carbocycles. The number of carbonyl (C=O) groups is 2. The fourth-order valence-electron chi connectivity index (χ4n) is 4.64. The zero-order valence-corrected chi connectivity index (χ0v) is 21.6. The molecule has 2 amide bonds. The van der Waals surface area contributed by atoms with Crippen LogP contribution >= 0.6 is 11.6 Å². The van der Waals surface area contributed by atoms with E-state index < -0.39 is 6.04 Å². The van der Waals surface area contributed by atoms with Gasteiger partial charge in [-0.05, 0) is 34.4 Å². The number of nitrogens with zero attached hydrogens (tertiary/aromatic N) is 1. The Morgan fingerprint density at radius 3 is 1.84 bits per heavy atom. The molecular weight excluding hydrogens is 480 g/mol. The molecule has 0 aliphatic rings. The summed E-state index contributed by atoms with van der Waals surface area (Å²) in [5.74, 6) is -0.434. The Labute approximate surface area is 223 Å². The van der Waals surface area contributed by atoms with Gasteiger partial charge in [0.15, 0.2) is 0 Å². The third kappa shape index (κ3) is 7.08. The van der Waals surface area contributed by atoms with Crippen molar-refractivity contribution in [1.82, 2.24) is 10.2 Å². The number of benzene rings is 4. The molecule has 0 radical (unpaired) electrons. The van der Waals surface area contributed by atoms with E-state index in [2.05, 4.69) is 5.32 Å². The lowest BCUT2D eigenvalue weighted by Crippen LogP contribution is -2.50. The van der Waals surface area contributed by atoms with Gasteiger partial charge in [0, 0.05) is 37.4 Å². The van der Waals surface area contributed by atoms with Crippen LogP contribution in [0, 0.1) is 0 Å². The lowest BCUT2D eigenvalue weighted by Gasteiger charge is -2.32. The van der Waals surface area contributed by atoms with Crippen LogP contribution in [0.25, 0.3) is 0 Å². The first-order valence-electron chi connectivity index (χ1n) is 12.4. The monoisotopic (exact) mass is 510 g/mol. The fourth-order valence-corrected chi connectivity index (χ4v) is 4.86. The Morgan fingerprint density at radius 1 is 0.757 bits per heavy atom. The Kier molecular flexibility index (Phi) is 9.12. The Hall–Kier alpha value is -3.89. The number of hydrogen-bond acceptors (Lipinski definition) is 2. The molecule has 0 aromatic heterocycles. The summed E-state index contributed by atoms with van der Waals surface area (Å²) in [6.07, 6.45) is 0.644. The SMILES string of the molecule is CNC(=O)[C@@H](Cc1ccccc1)N(Cc1cccc(Cl)c1)C(=O)CC(c1ccccc1)c1ccccc1. The summed E-state index contributed by atoms with van der Waals surface area (Å²) < 4.78 is 0. The van der Waals surface area contributed by atoms with Gasteiger partial charge in [0.25, 0.3) is 0 Å². The maximum Gasteiger partial charge on any atom is 0.242 e. The molecule has 0 saturated carbocycles. The van der Waals surface area contributed by atoms with Gasteiger partial charge in [0.1, 0.15) is 6.04 Å². The smallest absolute Gasteiger partial charge is 0.242 e. The number of amides is 2. The van der Waals surface area contributed by atoms with Crippen LogP contribution in [0.15, 0.2) is 115 Å². The predicted octanol–water partition coefficient (Wildman–Crippen LogP) is 6.25.